The first-order valence-corrected chi connectivity index (χ1v) is 11.8. The molecule has 7 heteroatoms. The quantitative estimate of drug-likeness (QED) is 0.396. The Morgan fingerprint density at radius 1 is 0.882 bits per heavy atom. The van der Waals surface area contributed by atoms with Crippen LogP contribution in [0.15, 0.2) is 77.3 Å². The average molecular weight is 525 g/mol. The molecule has 0 unspecified atom stereocenters. The summed E-state index contributed by atoms with van der Waals surface area (Å²) < 4.78 is 12.1. The van der Waals surface area contributed by atoms with Gasteiger partial charge in [0.25, 0.3) is 11.8 Å². The van der Waals surface area contributed by atoms with Gasteiger partial charge >= 0.3 is 0 Å². The van der Waals surface area contributed by atoms with E-state index in [4.69, 9.17) is 9.47 Å². The number of halogens is 1. The number of ether oxygens (including phenoxy) is 2. The van der Waals surface area contributed by atoms with Crippen LogP contribution in [-0.2, 0) is 16.6 Å². The Morgan fingerprint density at radius 2 is 1.65 bits per heavy atom. The summed E-state index contributed by atoms with van der Waals surface area (Å²) in [6.07, 6.45) is 0.766. The molecule has 0 fully saturated rings. The zero-order valence-corrected chi connectivity index (χ0v) is 21.1. The lowest BCUT2D eigenvalue weighted by atomic mass is 9.87. The zero-order chi connectivity index (χ0) is 24.6. The van der Waals surface area contributed by atoms with Crippen molar-refractivity contribution in [2.75, 3.05) is 13.2 Å². The Labute approximate surface area is 208 Å². The van der Waals surface area contributed by atoms with Crippen LogP contribution in [0.1, 0.15) is 42.3 Å². The Bertz CT molecular complexity index is 1130. The lowest BCUT2D eigenvalue weighted by molar-refractivity contribution is -0.123. The van der Waals surface area contributed by atoms with Crippen LogP contribution in [0.4, 0.5) is 0 Å². The first kappa shape index (κ1) is 25.3. The van der Waals surface area contributed by atoms with Crippen molar-refractivity contribution in [1.82, 2.24) is 10.9 Å². The molecule has 0 heterocycles. The van der Waals surface area contributed by atoms with Crippen molar-refractivity contribution in [3.05, 3.63) is 94.0 Å². The molecule has 0 aromatic heterocycles. The van der Waals surface area contributed by atoms with Gasteiger partial charge in [-0.15, -0.1) is 0 Å². The Kier molecular flexibility index (Phi) is 8.71. The van der Waals surface area contributed by atoms with Gasteiger partial charge in [0.05, 0.1) is 11.1 Å². The summed E-state index contributed by atoms with van der Waals surface area (Å²) in [7, 11) is 0. The second kappa shape index (κ2) is 11.7. The molecule has 0 aliphatic rings. The fourth-order valence-corrected chi connectivity index (χ4v) is 3.61. The molecule has 6 nitrogen and oxygen atoms in total. The molecule has 178 valence electrons. The van der Waals surface area contributed by atoms with Crippen molar-refractivity contribution in [1.29, 1.82) is 0 Å². The molecule has 0 saturated carbocycles. The van der Waals surface area contributed by atoms with Gasteiger partial charge in [-0.3, -0.25) is 20.4 Å². The molecule has 0 atom stereocenters. The van der Waals surface area contributed by atoms with Crippen molar-refractivity contribution < 1.29 is 19.1 Å². The number of carbonyl (C=O) groups is 2. The van der Waals surface area contributed by atoms with Crippen LogP contribution in [0.3, 0.4) is 0 Å². The van der Waals surface area contributed by atoms with Crippen molar-refractivity contribution in [2.24, 2.45) is 0 Å². The minimum Gasteiger partial charge on any atom is -0.493 e. The molecular formula is C27H29BrN2O4. The fraction of sp³-hybridized carbons (Fsp3) is 0.259. The third-order valence-corrected chi connectivity index (χ3v) is 5.69. The third-order valence-electron chi connectivity index (χ3n) is 5.07. The largest absolute Gasteiger partial charge is 0.493 e. The standard InChI is InChI=1S/C27H29BrN2O4/c1-27(2,3)21-12-13-24(23(28)17-21)34-18-25(31)29-30-26(32)20-10-7-11-22(16-20)33-15-14-19-8-5-4-6-9-19/h4-13,16-17H,14-15,18H2,1-3H3,(H,29,31)(H,30,32). The number of nitrogens with one attached hydrogen (secondary N) is 2. The highest BCUT2D eigenvalue weighted by Gasteiger charge is 2.16. The van der Waals surface area contributed by atoms with Crippen molar-refractivity contribution >= 4 is 27.7 Å². The number of amides is 2. The second-order valence-electron chi connectivity index (χ2n) is 8.80. The Balaban J connectivity index is 1.45. The molecule has 3 aromatic rings. The van der Waals surface area contributed by atoms with Crippen LogP contribution in [0.25, 0.3) is 0 Å². The van der Waals surface area contributed by atoms with Crippen molar-refractivity contribution in [3.8, 4) is 11.5 Å². The van der Waals surface area contributed by atoms with Crippen LogP contribution >= 0.6 is 15.9 Å². The molecule has 0 aliphatic heterocycles. The summed E-state index contributed by atoms with van der Waals surface area (Å²) in [4.78, 5) is 24.6. The Hall–Kier alpha value is -3.32. The van der Waals surface area contributed by atoms with Gasteiger partial charge in [-0.25, -0.2) is 0 Å². The normalized spacial score (nSPS) is 10.9. The zero-order valence-electron chi connectivity index (χ0n) is 19.6. The first-order chi connectivity index (χ1) is 16.2. The second-order valence-corrected chi connectivity index (χ2v) is 9.65. The van der Waals surface area contributed by atoms with Crippen molar-refractivity contribution in [2.45, 2.75) is 32.6 Å². The van der Waals surface area contributed by atoms with Crippen LogP contribution in [0, 0.1) is 0 Å². The number of rotatable bonds is 8. The topological polar surface area (TPSA) is 76.7 Å². The molecule has 0 saturated heterocycles. The number of hydrogen-bond donors (Lipinski definition) is 2. The van der Waals surface area contributed by atoms with Gasteiger partial charge in [-0.1, -0.05) is 63.2 Å². The van der Waals surface area contributed by atoms with Crippen LogP contribution < -0.4 is 20.3 Å². The maximum atomic E-state index is 12.4. The monoisotopic (exact) mass is 524 g/mol. The van der Waals surface area contributed by atoms with E-state index in [-0.39, 0.29) is 12.0 Å². The molecule has 3 rings (SSSR count). The van der Waals surface area contributed by atoms with E-state index in [2.05, 4.69) is 47.6 Å². The maximum Gasteiger partial charge on any atom is 0.276 e. The average Bonchev–Trinajstić information content (AvgIpc) is 2.82. The van der Waals surface area contributed by atoms with Gasteiger partial charge in [0.15, 0.2) is 6.61 Å². The number of hydrogen-bond acceptors (Lipinski definition) is 4. The summed E-state index contributed by atoms with van der Waals surface area (Å²) in [5.41, 5.74) is 7.48. The summed E-state index contributed by atoms with van der Waals surface area (Å²) in [5.74, 6) is 0.213. The molecule has 2 amide bonds. The third kappa shape index (κ3) is 7.63. The van der Waals surface area contributed by atoms with Crippen LogP contribution in [-0.4, -0.2) is 25.0 Å². The van der Waals surface area contributed by atoms with Gasteiger partial charge in [0, 0.05) is 12.0 Å². The minimum atomic E-state index is -0.476. The molecule has 0 spiro atoms. The molecule has 3 aromatic carbocycles. The van der Waals surface area contributed by atoms with E-state index >= 15 is 0 Å². The highest BCUT2D eigenvalue weighted by molar-refractivity contribution is 9.10. The summed E-state index contributed by atoms with van der Waals surface area (Å²) in [5, 5.41) is 0. The van der Waals surface area contributed by atoms with E-state index in [1.807, 2.05) is 48.5 Å². The Morgan fingerprint density at radius 3 is 2.35 bits per heavy atom. The van der Waals surface area contributed by atoms with E-state index in [9.17, 15) is 9.59 Å². The van der Waals surface area contributed by atoms with Crippen LogP contribution in [0.5, 0.6) is 11.5 Å². The summed E-state index contributed by atoms with van der Waals surface area (Å²) in [6.45, 7) is 6.62. The van der Waals surface area contributed by atoms with E-state index in [1.54, 1.807) is 24.3 Å². The maximum absolute atomic E-state index is 12.4. The van der Waals surface area contributed by atoms with E-state index in [1.165, 1.54) is 5.56 Å². The smallest absolute Gasteiger partial charge is 0.276 e. The van der Waals surface area contributed by atoms with Crippen LogP contribution in [0.2, 0.25) is 0 Å². The molecule has 0 aliphatic carbocycles. The number of benzene rings is 3. The predicted octanol–water partition coefficient (Wildman–Crippen LogP) is 5.21. The van der Waals surface area contributed by atoms with Gasteiger partial charge in [0.2, 0.25) is 0 Å². The van der Waals surface area contributed by atoms with Gasteiger partial charge < -0.3 is 9.47 Å². The fourth-order valence-electron chi connectivity index (χ4n) is 3.12. The SMILES string of the molecule is CC(C)(C)c1ccc(OCC(=O)NNC(=O)c2cccc(OCCc3ccccc3)c2)c(Br)c1. The molecule has 0 radical (unpaired) electrons. The predicted molar refractivity (Wildman–Crippen MR) is 136 cm³/mol. The number of hydrazine groups is 1. The lowest BCUT2D eigenvalue weighted by Crippen LogP contribution is -2.43. The van der Waals surface area contributed by atoms with E-state index in [0.29, 0.717) is 23.7 Å². The molecule has 2 N–H and O–H groups in total. The minimum absolute atomic E-state index is 0.00689. The van der Waals surface area contributed by atoms with E-state index < -0.39 is 11.8 Å². The van der Waals surface area contributed by atoms with Gasteiger partial charge in [-0.05, 0) is 62.8 Å². The summed E-state index contributed by atoms with van der Waals surface area (Å²) >= 11 is 3.48. The van der Waals surface area contributed by atoms with Crippen molar-refractivity contribution in [3.63, 3.8) is 0 Å². The first-order valence-electron chi connectivity index (χ1n) is 11.0. The molecular weight excluding hydrogens is 496 g/mol. The van der Waals surface area contributed by atoms with E-state index in [0.717, 1.165) is 16.5 Å². The van der Waals surface area contributed by atoms with Gasteiger partial charge in [-0.2, -0.15) is 0 Å². The highest BCUT2D eigenvalue weighted by atomic mass is 79.9. The number of carbonyl (C=O) groups excluding carboxylic acids is 2. The summed E-state index contributed by atoms with van der Waals surface area (Å²) in [6, 6.07) is 22.6. The lowest BCUT2D eigenvalue weighted by Gasteiger charge is -2.20. The molecule has 34 heavy (non-hydrogen) atoms. The van der Waals surface area contributed by atoms with Gasteiger partial charge in [0.1, 0.15) is 11.5 Å². The molecule has 0 bridgehead atoms. The highest BCUT2D eigenvalue weighted by Crippen LogP contribution is 2.31.